The summed E-state index contributed by atoms with van der Waals surface area (Å²) >= 11 is 0. The maximum Gasteiger partial charge on any atom is -0.0266 e. The van der Waals surface area contributed by atoms with Crippen LogP contribution in [-0.2, 0) is 0 Å². The van der Waals surface area contributed by atoms with Crippen LogP contribution >= 0.6 is 0 Å². The van der Waals surface area contributed by atoms with Crippen molar-refractivity contribution in [2.75, 3.05) is 0 Å². The van der Waals surface area contributed by atoms with Gasteiger partial charge in [-0.05, 0) is 163 Å². The molecule has 0 aliphatic heterocycles. The number of hydrogen-bond donors (Lipinski definition) is 0. The Morgan fingerprint density at radius 2 is 0.500 bits per heavy atom. The van der Waals surface area contributed by atoms with Crippen molar-refractivity contribution in [1.82, 2.24) is 0 Å². The van der Waals surface area contributed by atoms with Crippen molar-refractivity contribution in [3.8, 4) is 0 Å². The summed E-state index contributed by atoms with van der Waals surface area (Å²) in [4.78, 5) is 0. The summed E-state index contributed by atoms with van der Waals surface area (Å²) in [5.41, 5.74) is 0.906. The first kappa shape index (κ1) is 38.9. The van der Waals surface area contributed by atoms with Gasteiger partial charge in [-0.25, -0.2) is 0 Å². The smallest absolute Gasteiger partial charge is 0.0266 e. The molecule has 0 nitrogen and oxygen atoms in total. The molecule has 11 atom stereocenters. The summed E-state index contributed by atoms with van der Waals surface area (Å²) in [6.07, 6.45) is 56.7. The third-order valence-electron chi connectivity index (χ3n) is 22.8. The molecule has 18 saturated carbocycles. The molecule has 11 unspecified atom stereocenters. The van der Waals surface area contributed by atoms with Crippen LogP contribution in [0.4, 0.5) is 0 Å². The lowest BCUT2D eigenvalue weighted by Gasteiger charge is -3.03. The van der Waals surface area contributed by atoms with Gasteiger partial charge >= 0.3 is 0 Å². The second kappa shape index (κ2) is 17.0. The quantitative estimate of drug-likeness (QED) is 0.216. The van der Waals surface area contributed by atoms with E-state index >= 15 is 0 Å². The fourth-order valence-electron chi connectivity index (χ4n) is 20.6. The van der Waals surface area contributed by atoms with Gasteiger partial charge < -0.3 is 0 Å². The van der Waals surface area contributed by atoms with Crippen LogP contribution in [0.2, 0.25) is 0 Å². The maximum atomic E-state index is 1.68. The molecule has 0 aromatic rings. The van der Waals surface area contributed by atoms with Gasteiger partial charge in [0.15, 0.2) is 0 Å². The van der Waals surface area contributed by atoms with Crippen LogP contribution in [0.25, 0.3) is 0 Å². The number of rotatable bonds is 0. The fraction of sp³-hybridized carbons (Fsp3) is 1.00. The molecule has 18 fully saturated rings. The molecule has 18 rings (SSSR count). The maximum absolute atomic E-state index is 1.68. The van der Waals surface area contributed by atoms with Crippen molar-refractivity contribution in [2.24, 2.45) is 112 Å². The van der Waals surface area contributed by atoms with E-state index in [1.54, 1.807) is 70.6 Å². The molecule has 0 radical (unpaired) electrons. The lowest BCUT2D eigenvalue weighted by molar-refractivity contribution is -0.565. The van der Waals surface area contributed by atoms with Gasteiger partial charge in [0, 0.05) is 0 Å². The summed E-state index contributed by atoms with van der Waals surface area (Å²) < 4.78 is 0. The second-order valence-electron chi connectivity index (χ2n) is 24.8. The van der Waals surface area contributed by atoms with Crippen LogP contribution in [0.15, 0.2) is 0 Å². The Balaban J connectivity index is 0.0000000770. The predicted molar refractivity (Wildman–Crippen MR) is 236 cm³/mol. The van der Waals surface area contributed by atoms with Crippen molar-refractivity contribution in [2.45, 2.75) is 238 Å². The Kier molecular flexibility index (Phi) is 11.8. The molecule has 0 N–H and O–H groups in total. The van der Waals surface area contributed by atoms with E-state index in [2.05, 4.69) is 0 Å². The van der Waals surface area contributed by atoms with E-state index < -0.39 is 0 Å². The van der Waals surface area contributed by atoms with Gasteiger partial charge in [-0.1, -0.05) is 186 Å². The van der Waals surface area contributed by atoms with Crippen LogP contribution in [0, 0.1) is 112 Å². The molecule has 18 aliphatic carbocycles. The lowest BCUT2D eigenvalue weighted by Crippen LogP contribution is -3.00. The molecule has 1 spiro atoms. The Labute approximate surface area is 348 Å². The Morgan fingerprint density at radius 1 is 0.232 bits per heavy atom. The van der Waals surface area contributed by atoms with Crippen LogP contribution < -0.4 is 0 Å². The van der Waals surface area contributed by atoms with E-state index in [-0.39, 0.29) is 0 Å². The molecule has 56 heavy (non-hydrogen) atoms. The van der Waals surface area contributed by atoms with Crippen molar-refractivity contribution in [3.63, 3.8) is 0 Å². The summed E-state index contributed by atoms with van der Waals surface area (Å²) in [6, 6.07) is 0. The normalized spacial score (nSPS) is 54.0. The van der Waals surface area contributed by atoms with Gasteiger partial charge in [-0.2, -0.15) is 0 Å². The van der Waals surface area contributed by atoms with E-state index in [1.165, 1.54) is 268 Å². The van der Waals surface area contributed by atoms with Gasteiger partial charge in [0.05, 0.1) is 0 Å². The van der Waals surface area contributed by atoms with Gasteiger partial charge in [-0.15, -0.1) is 0 Å². The summed E-state index contributed by atoms with van der Waals surface area (Å²) in [5.74, 6) is 23.1. The highest BCUT2D eigenvalue weighted by Crippen LogP contribution is 3.01. The zero-order valence-corrected chi connectivity index (χ0v) is 37.1. The molecule has 0 heteroatoms. The van der Waals surface area contributed by atoms with Gasteiger partial charge in [0.2, 0.25) is 0 Å². The monoisotopic (exact) mass is 765 g/mol. The van der Waals surface area contributed by atoms with E-state index in [0.717, 1.165) is 11.3 Å². The third-order valence-corrected chi connectivity index (χ3v) is 22.8. The molecule has 18 aliphatic rings. The molecule has 4 bridgehead atoms. The molecular weight excluding hydrogens is 673 g/mol. The van der Waals surface area contributed by atoms with Crippen molar-refractivity contribution < 1.29 is 0 Å². The molecule has 0 amide bonds. The highest BCUT2D eigenvalue weighted by Gasteiger charge is 2.97. The minimum atomic E-state index is 0.906. The third kappa shape index (κ3) is 6.65. The molecule has 0 heterocycles. The minimum Gasteiger partial charge on any atom is -0.0533 e. The standard InChI is InChI=1S/C11H14.C11H18.C8H8.C8H16.C7H14.C6H12.C5H10/c1-4-5-2-9-8(1)10-6(4)3-7(5)11(9)10;1-3-9-7-10-4-2-6-11(10,5-1)8-9;1-2-5-3(1)7-4(1)6(2)8(5)7;1-2-4-6-8-7-5-3-1;1-2-4-6-7-5-3-1;1-2-4-6-5-3-1;1-2-4-5-3-1/h4-11H,1-3H2;9-10H,1-8H2;1-8H;1-8H2;1-7H2;1-6H2;1-5H2. The molecule has 0 aromatic carbocycles. The predicted octanol–water partition coefficient (Wildman–Crippen LogP) is 16.6. The highest BCUT2D eigenvalue weighted by molar-refractivity contribution is 5.44. The van der Waals surface area contributed by atoms with E-state index in [4.69, 9.17) is 0 Å². The largest absolute Gasteiger partial charge is 0.0533 e. The van der Waals surface area contributed by atoms with Crippen molar-refractivity contribution >= 4 is 0 Å². The fourth-order valence-corrected chi connectivity index (χ4v) is 20.6. The molecule has 316 valence electrons. The average molecular weight is 765 g/mol. The van der Waals surface area contributed by atoms with Crippen molar-refractivity contribution in [3.05, 3.63) is 0 Å². The highest BCUT2D eigenvalue weighted by atomic mass is 15.0. The Bertz CT molecular complexity index is 1040. The average Bonchev–Trinajstić information content (AvgIpc) is 4.06. The minimum absolute atomic E-state index is 0.906. The Morgan fingerprint density at radius 3 is 0.821 bits per heavy atom. The lowest BCUT2D eigenvalue weighted by atomic mass is 9.01. The van der Waals surface area contributed by atoms with E-state index in [0.29, 0.717) is 0 Å². The van der Waals surface area contributed by atoms with Crippen LogP contribution in [-0.4, -0.2) is 0 Å². The first-order valence-corrected chi connectivity index (χ1v) is 27.8. The first-order valence-electron chi connectivity index (χ1n) is 27.8. The van der Waals surface area contributed by atoms with E-state index in [9.17, 15) is 0 Å². The molecular formula is C56H92. The molecule has 0 aromatic heterocycles. The van der Waals surface area contributed by atoms with Crippen LogP contribution in [0.3, 0.4) is 0 Å². The van der Waals surface area contributed by atoms with Gasteiger partial charge in [0.1, 0.15) is 0 Å². The summed E-state index contributed by atoms with van der Waals surface area (Å²) in [6.45, 7) is 0. The van der Waals surface area contributed by atoms with Gasteiger partial charge in [-0.3, -0.25) is 0 Å². The van der Waals surface area contributed by atoms with Gasteiger partial charge in [0.25, 0.3) is 0 Å². The first-order chi connectivity index (χ1) is 27.8. The number of hydrogen-bond acceptors (Lipinski definition) is 0. The van der Waals surface area contributed by atoms with Crippen molar-refractivity contribution in [1.29, 1.82) is 0 Å². The SMILES string of the molecule is C12C3C4C1C1C2C3C41.C1C2C3CC4C5CC3C1C5C24.C1CC2CC3CCCC3(C1)C2.C1CCCC1.C1CCCCC1.C1CCCCCC1.C1CCCCCCC1. The zero-order chi connectivity index (χ0) is 37.1. The Hall–Kier alpha value is 0. The molecule has 0 saturated heterocycles. The van der Waals surface area contributed by atoms with Crippen LogP contribution in [0.1, 0.15) is 238 Å². The summed E-state index contributed by atoms with van der Waals surface area (Å²) in [5, 5.41) is 0. The van der Waals surface area contributed by atoms with Crippen LogP contribution in [0.5, 0.6) is 0 Å². The number of fused-ring (bicyclic) bond motifs is 3. The van der Waals surface area contributed by atoms with E-state index in [1.807, 2.05) is 0 Å². The zero-order valence-electron chi connectivity index (χ0n) is 37.1. The second-order valence-corrected chi connectivity index (χ2v) is 24.8. The summed E-state index contributed by atoms with van der Waals surface area (Å²) in [7, 11) is 0. The topological polar surface area (TPSA) is 0 Å².